The van der Waals surface area contributed by atoms with Gasteiger partial charge in [-0.1, -0.05) is 29.8 Å². The lowest BCUT2D eigenvalue weighted by atomic mass is 10.0. The first-order valence-corrected chi connectivity index (χ1v) is 7.30. The monoisotopic (exact) mass is 304 g/mol. The van der Waals surface area contributed by atoms with Crippen LogP contribution in [0.25, 0.3) is 0 Å². The summed E-state index contributed by atoms with van der Waals surface area (Å²) in [7, 11) is 3.72. The fourth-order valence-electron chi connectivity index (χ4n) is 2.37. The molecular weight excluding hydrogens is 284 g/mol. The highest BCUT2D eigenvalue weighted by Crippen LogP contribution is 2.31. The van der Waals surface area contributed by atoms with Crippen molar-refractivity contribution in [2.45, 2.75) is 19.5 Å². The Kier molecular flexibility index (Phi) is 5.10. The Labute approximate surface area is 131 Å². The minimum atomic E-state index is 0.182. The van der Waals surface area contributed by atoms with Crippen molar-refractivity contribution >= 4 is 17.3 Å². The van der Waals surface area contributed by atoms with E-state index in [0.29, 0.717) is 6.54 Å². The molecule has 2 aromatic rings. The van der Waals surface area contributed by atoms with E-state index in [1.165, 1.54) is 0 Å². The van der Waals surface area contributed by atoms with Crippen molar-refractivity contribution in [3.63, 3.8) is 0 Å². The summed E-state index contributed by atoms with van der Waals surface area (Å²) in [6, 6.07) is 14.1. The van der Waals surface area contributed by atoms with Gasteiger partial charge in [0.25, 0.3) is 0 Å². The predicted molar refractivity (Wildman–Crippen MR) is 89.2 cm³/mol. The van der Waals surface area contributed by atoms with E-state index < -0.39 is 0 Å². The third kappa shape index (κ3) is 3.49. The highest BCUT2D eigenvalue weighted by atomic mass is 35.5. The number of anilines is 1. The second-order valence-electron chi connectivity index (χ2n) is 5.04. The first-order chi connectivity index (χ1) is 10.1. The van der Waals surface area contributed by atoms with Crippen LogP contribution in [0, 0.1) is 0 Å². The Morgan fingerprint density at radius 1 is 1.24 bits per heavy atom. The smallest absolute Gasteiger partial charge is 0.120 e. The summed E-state index contributed by atoms with van der Waals surface area (Å²) in [6.45, 7) is 2.64. The lowest BCUT2D eigenvalue weighted by molar-refractivity contribution is 0.414. The van der Waals surface area contributed by atoms with E-state index in [0.717, 1.165) is 27.6 Å². The molecule has 1 atom stereocenters. The molecule has 0 amide bonds. The van der Waals surface area contributed by atoms with Gasteiger partial charge in [0.15, 0.2) is 0 Å². The van der Waals surface area contributed by atoms with E-state index in [9.17, 15) is 0 Å². The molecule has 0 fully saturated rings. The van der Waals surface area contributed by atoms with Crippen molar-refractivity contribution in [3.8, 4) is 5.75 Å². The van der Waals surface area contributed by atoms with Crippen molar-refractivity contribution < 1.29 is 4.74 Å². The van der Waals surface area contributed by atoms with E-state index in [1.807, 2.05) is 36.4 Å². The molecule has 0 aliphatic carbocycles. The molecule has 2 rings (SSSR count). The zero-order chi connectivity index (χ0) is 15.4. The Bertz CT molecular complexity index is 615. The molecular formula is C17H21ClN2O. The molecule has 0 spiro atoms. The molecule has 0 aromatic heterocycles. The largest absolute Gasteiger partial charge is 0.497 e. The van der Waals surface area contributed by atoms with Gasteiger partial charge in [-0.3, -0.25) is 0 Å². The number of methoxy groups -OCH3 is 1. The van der Waals surface area contributed by atoms with Gasteiger partial charge < -0.3 is 15.4 Å². The minimum absolute atomic E-state index is 0.182. The molecule has 0 aliphatic rings. The maximum atomic E-state index is 6.09. The van der Waals surface area contributed by atoms with Crippen LogP contribution in [0.5, 0.6) is 5.75 Å². The van der Waals surface area contributed by atoms with Gasteiger partial charge in [-0.15, -0.1) is 0 Å². The SMILES string of the molecule is COc1ccc(CN)c(N(C)C(C)c2cccc(Cl)c2)c1. The molecule has 2 aromatic carbocycles. The van der Waals surface area contributed by atoms with Crippen LogP contribution in [0.2, 0.25) is 5.02 Å². The topological polar surface area (TPSA) is 38.5 Å². The van der Waals surface area contributed by atoms with Crippen LogP contribution < -0.4 is 15.4 Å². The number of nitrogens with two attached hydrogens (primary N) is 1. The molecule has 0 saturated heterocycles. The fraction of sp³-hybridized carbons (Fsp3) is 0.294. The third-order valence-electron chi connectivity index (χ3n) is 3.80. The second kappa shape index (κ2) is 6.83. The maximum absolute atomic E-state index is 6.09. The lowest BCUT2D eigenvalue weighted by Gasteiger charge is -2.29. The second-order valence-corrected chi connectivity index (χ2v) is 5.48. The zero-order valence-corrected chi connectivity index (χ0v) is 13.4. The Morgan fingerprint density at radius 3 is 2.62 bits per heavy atom. The third-order valence-corrected chi connectivity index (χ3v) is 4.04. The molecule has 0 heterocycles. The average molecular weight is 305 g/mol. The first kappa shape index (κ1) is 15.7. The average Bonchev–Trinajstić information content (AvgIpc) is 2.52. The van der Waals surface area contributed by atoms with Crippen LogP contribution in [0.15, 0.2) is 42.5 Å². The van der Waals surface area contributed by atoms with Gasteiger partial charge in [0.1, 0.15) is 5.75 Å². The van der Waals surface area contributed by atoms with Gasteiger partial charge in [0.05, 0.1) is 13.2 Å². The van der Waals surface area contributed by atoms with E-state index >= 15 is 0 Å². The van der Waals surface area contributed by atoms with Crippen LogP contribution in [-0.4, -0.2) is 14.2 Å². The van der Waals surface area contributed by atoms with Crippen LogP contribution in [0.4, 0.5) is 5.69 Å². The molecule has 0 bridgehead atoms. The molecule has 2 N–H and O–H groups in total. The van der Waals surface area contributed by atoms with Crippen molar-refractivity contribution in [2.75, 3.05) is 19.1 Å². The van der Waals surface area contributed by atoms with Crippen molar-refractivity contribution in [1.82, 2.24) is 0 Å². The zero-order valence-electron chi connectivity index (χ0n) is 12.6. The minimum Gasteiger partial charge on any atom is -0.497 e. The number of ether oxygens (including phenoxy) is 1. The quantitative estimate of drug-likeness (QED) is 0.907. The summed E-state index contributed by atoms with van der Waals surface area (Å²) in [5.74, 6) is 0.826. The highest BCUT2D eigenvalue weighted by Gasteiger charge is 2.16. The van der Waals surface area contributed by atoms with Crippen LogP contribution in [0.1, 0.15) is 24.1 Å². The number of nitrogens with zero attached hydrogens (tertiary/aromatic N) is 1. The van der Waals surface area contributed by atoms with Gasteiger partial charge in [-0.2, -0.15) is 0 Å². The van der Waals surface area contributed by atoms with Gasteiger partial charge in [0, 0.05) is 30.4 Å². The molecule has 0 aliphatic heterocycles. The molecule has 0 radical (unpaired) electrons. The summed E-state index contributed by atoms with van der Waals surface area (Å²) < 4.78 is 5.32. The highest BCUT2D eigenvalue weighted by molar-refractivity contribution is 6.30. The molecule has 112 valence electrons. The summed E-state index contributed by atoms with van der Waals surface area (Å²) in [5, 5.41) is 0.748. The van der Waals surface area contributed by atoms with E-state index in [1.54, 1.807) is 7.11 Å². The van der Waals surface area contributed by atoms with Gasteiger partial charge in [-0.05, 0) is 36.2 Å². The van der Waals surface area contributed by atoms with E-state index in [-0.39, 0.29) is 6.04 Å². The number of halogens is 1. The number of hydrogen-bond acceptors (Lipinski definition) is 3. The van der Waals surface area contributed by atoms with Gasteiger partial charge in [-0.25, -0.2) is 0 Å². The Hall–Kier alpha value is -1.71. The summed E-state index contributed by atoms with van der Waals surface area (Å²) in [4.78, 5) is 2.19. The summed E-state index contributed by atoms with van der Waals surface area (Å²) in [6.07, 6.45) is 0. The molecule has 21 heavy (non-hydrogen) atoms. The molecule has 0 saturated carbocycles. The van der Waals surface area contributed by atoms with Crippen LogP contribution in [-0.2, 0) is 6.54 Å². The maximum Gasteiger partial charge on any atom is 0.120 e. The molecule has 4 heteroatoms. The molecule has 3 nitrogen and oxygen atoms in total. The van der Waals surface area contributed by atoms with E-state index in [2.05, 4.69) is 24.9 Å². The van der Waals surface area contributed by atoms with E-state index in [4.69, 9.17) is 22.1 Å². The standard InChI is InChI=1S/C17H21ClN2O/c1-12(13-5-4-6-15(18)9-13)20(2)17-10-16(21-3)8-7-14(17)11-19/h4-10,12H,11,19H2,1-3H3. The normalized spacial score (nSPS) is 12.0. The predicted octanol–water partition coefficient (Wildman–Crippen LogP) is 4.00. The van der Waals surface area contributed by atoms with Gasteiger partial charge >= 0.3 is 0 Å². The first-order valence-electron chi connectivity index (χ1n) is 6.92. The summed E-state index contributed by atoms with van der Waals surface area (Å²) in [5.41, 5.74) is 9.18. The number of rotatable bonds is 5. The van der Waals surface area contributed by atoms with Crippen molar-refractivity contribution in [1.29, 1.82) is 0 Å². The van der Waals surface area contributed by atoms with Gasteiger partial charge in [0.2, 0.25) is 0 Å². The van der Waals surface area contributed by atoms with Crippen LogP contribution >= 0.6 is 11.6 Å². The Balaban J connectivity index is 2.36. The fourth-order valence-corrected chi connectivity index (χ4v) is 2.57. The molecule has 1 unspecified atom stereocenters. The number of benzene rings is 2. The Morgan fingerprint density at radius 2 is 2.00 bits per heavy atom. The van der Waals surface area contributed by atoms with Crippen molar-refractivity contribution in [3.05, 3.63) is 58.6 Å². The van der Waals surface area contributed by atoms with Crippen LogP contribution in [0.3, 0.4) is 0 Å². The summed E-state index contributed by atoms with van der Waals surface area (Å²) >= 11 is 6.09. The van der Waals surface area contributed by atoms with Crippen molar-refractivity contribution in [2.24, 2.45) is 5.73 Å². The lowest BCUT2D eigenvalue weighted by Crippen LogP contribution is -2.23. The number of hydrogen-bond donors (Lipinski definition) is 1.